The van der Waals surface area contributed by atoms with E-state index >= 15 is 0 Å². The highest BCUT2D eigenvalue weighted by atomic mass is 16.2. The molecule has 19 heavy (non-hydrogen) atoms. The molecule has 7 heteroatoms. The molecule has 0 aliphatic rings. The van der Waals surface area contributed by atoms with Gasteiger partial charge in [0.2, 0.25) is 6.41 Å². The van der Waals surface area contributed by atoms with E-state index in [0.717, 1.165) is 10.5 Å². The van der Waals surface area contributed by atoms with Crippen LogP contribution in [0.25, 0.3) is 0 Å². The summed E-state index contributed by atoms with van der Waals surface area (Å²) in [6, 6.07) is 3.38. The third-order valence-corrected chi connectivity index (χ3v) is 2.34. The number of pyridine rings is 1. The molecule has 1 rings (SSSR count). The van der Waals surface area contributed by atoms with Crippen molar-refractivity contribution >= 4 is 24.0 Å². The van der Waals surface area contributed by atoms with Crippen LogP contribution in [-0.2, 0) is 14.4 Å². The van der Waals surface area contributed by atoms with E-state index in [1.165, 1.54) is 6.20 Å². The molecule has 7 nitrogen and oxygen atoms in total. The minimum atomic E-state index is -0.924. The van der Waals surface area contributed by atoms with Gasteiger partial charge in [0.15, 0.2) is 0 Å². The van der Waals surface area contributed by atoms with E-state index in [-0.39, 0.29) is 12.4 Å². The Morgan fingerprint density at radius 3 is 2.84 bits per heavy atom. The fraction of sp³-hybridized carbons (Fsp3) is 0.333. The summed E-state index contributed by atoms with van der Waals surface area (Å²) in [5, 5.41) is 2.34. The van der Waals surface area contributed by atoms with Crippen LogP contribution < -0.4 is 11.1 Å². The second kappa shape index (κ2) is 7.22. The summed E-state index contributed by atoms with van der Waals surface area (Å²) >= 11 is 0. The van der Waals surface area contributed by atoms with Gasteiger partial charge in [0, 0.05) is 12.7 Å². The Morgan fingerprint density at radius 2 is 2.26 bits per heavy atom. The van der Waals surface area contributed by atoms with Gasteiger partial charge in [-0.05, 0) is 37.6 Å². The van der Waals surface area contributed by atoms with E-state index in [1.807, 2.05) is 6.92 Å². The molecule has 0 aromatic carbocycles. The first-order valence-corrected chi connectivity index (χ1v) is 5.78. The lowest BCUT2D eigenvalue weighted by Crippen LogP contribution is -2.40. The quantitative estimate of drug-likeness (QED) is 0.559. The van der Waals surface area contributed by atoms with Gasteiger partial charge in [-0.2, -0.15) is 0 Å². The molecule has 0 fully saturated rings. The van der Waals surface area contributed by atoms with E-state index in [2.05, 4.69) is 10.3 Å². The van der Waals surface area contributed by atoms with Gasteiger partial charge in [-0.1, -0.05) is 0 Å². The van der Waals surface area contributed by atoms with Crippen molar-refractivity contribution in [2.45, 2.75) is 13.3 Å². The first kappa shape index (κ1) is 14.8. The van der Waals surface area contributed by atoms with Crippen LogP contribution in [-0.4, -0.2) is 41.2 Å². The van der Waals surface area contributed by atoms with Gasteiger partial charge in [-0.25, -0.2) is 4.98 Å². The number of carbonyl (C=O) groups excluding carboxylic acids is 3. The maximum absolute atomic E-state index is 11.7. The molecule has 1 aromatic heterocycles. The number of aryl methyl sites for hydroxylation is 1. The third kappa shape index (κ3) is 4.47. The molecule has 0 unspecified atom stereocenters. The number of amides is 3. The number of rotatable bonds is 5. The van der Waals surface area contributed by atoms with Crippen LogP contribution in [0.1, 0.15) is 12.0 Å². The third-order valence-electron chi connectivity index (χ3n) is 2.34. The molecule has 102 valence electrons. The van der Waals surface area contributed by atoms with Crippen molar-refractivity contribution < 1.29 is 14.4 Å². The molecule has 0 radical (unpaired) electrons. The zero-order valence-corrected chi connectivity index (χ0v) is 10.6. The zero-order valence-electron chi connectivity index (χ0n) is 10.6. The number of anilines is 1. The van der Waals surface area contributed by atoms with Crippen LogP contribution in [0.3, 0.4) is 0 Å². The number of hydrogen-bond acceptors (Lipinski definition) is 5. The van der Waals surface area contributed by atoms with E-state index in [9.17, 15) is 14.4 Å². The molecule has 3 amide bonds. The SMILES string of the molecule is Cc1ccnc(NC(=O)C(=O)N(C=O)CCCN)c1. The summed E-state index contributed by atoms with van der Waals surface area (Å²) in [5.41, 5.74) is 6.18. The highest BCUT2D eigenvalue weighted by Gasteiger charge is 2.21. The van der Waals surface area contributed by atoms with Crippen molar-refractivity contribution in [1.29, 1.82) is 0 Å². The lowest BCUT2D eigenvalue weighted by atomic mass is 10.3. The summed E-state index contributed by atoms with van der Waals surface area (Å²) < 4.78 is 0. The Hall–Kier alpha value is -2.28. The summed E-state index contributed by atoms with van der Waals surface area (Å²) in [6.45, 7) is 2.28. The average Bonchev–Trinajstić information content (AvgIpc) is 2.39. The van der Waals surface area contributed by atoms with Crippen molar-refractivity contribution in [1.82, 2.24) is 9.88 Å². The van der Waals surface area contributed by atoms with Gasteiger partial charge in [-0.15, -0.1) is 0 Å². The smallest absolute Gasteiger partial charge is 0.318 e. The maximum atomic E-state index is 11.7. The van der Waals surface area contributed by atoms with Gasteiger partial charge in [0.1, 0.15) is 5.82 Å². The average molecular weight is 264 g/mol. The number of nitrogens with one attached hydrogen (secondary N) is 1. The van der Waals surface area contributed by atoms with Crippen LogP contribution in [0, 0.1) is 6.92 Å². The normalized spacial score (nSPS) is 9.79. The summed E-state index contributed by atoms with van der Waals surface area (Å²) in [6.07, 6.45) is 2.28. The van der Waals surface area contributed by atoms with Gasteiger partial charge >= 0.3 is 11.8 Å². The Morgan fingerprint density at radius 1 is 1.53 bits per heavy atom. The fourth-order valence-corrected chi connectivity index (χ4v) is 1.37. The predicted octanol–water partition coefficient (Wildman–Crippen LogP) is -0.338. The number of imide groups is 1. The largest absolute Gasteiger partial charge is 0.330 e. The Balaban J connectivity index is 2.66. The van der Waals surface area contributed by atoms with Crippen LogP contribution in [0.4, 0.5) is 5.82 Å². The van der Waals surface area contributed by atoms with Crippen LogP contribution >= 0.6 is 0 Å². The van der Waals surface area contributed by atoms with Gasteiger partial charge < -0.3 is 11.1 Å². The molecular weight excluding hydrogens is 248 g/mol. The van der Waals surface area contributed by atoms with Crippen molar-refractivity contribution in [3.63, 3.8) is 0 Å². The van der Waals surface area contributed by atoms with E-state index in [1.54, 1.807) is 12.1 Å². The maximum Gasteiger partial charge on any atom is 0.318 e. The lowest BCUT2D eigenvalue weighted by Gasteiger charge is -2.14. The lowest BCUT2D eigenvalue weighted by molar-refractivity contribution is -0.146. The first-order chi connectivity index (χ1) is 9.08. The molecule has 1 heterocycles. The number of nitrogens with zero attached hydrogens (tertiary/aromatic N) is 2. The molecule has 0 bridgehead atoms. The summed E-state index contributed by atoms with van der Waals surface area (Å²) in [5.74, 6) is -1.56. The molecule has 3 N–H and O–H groups in total. The molecule has 0 saturated heterocycles. The minimum absolute atomic E-state index is 0.119. The molecular formula is C12H16N4O3. The van der Waals surface area contributed by atoms with Crippen molar-refractivity contribution in [2.75, 3.05) is 18.4 Å². The molecule has 0 aliphatic heterocycles. The number of aromatic nitrogens is 1. The van der Waals surface area contributed by atoms with E-state index in [0.29, 0.717) is 19.4 Å². The molecule has 0 spiro atoms. The molecule has 0 aliphatic carbocycles. The highest BCUT2D eigenvalue weighted by Crippen LogP contribution is 2.05. The van der Waals surface area contributed by atoms with Gasteiger partial charge in [0.05, 0.1) is 0 Å². The van der Waals surface area contributed by atoms with E-state index in [4.69, 9.17) is 5.73 Å². The van der Waals surface area contributed by atoms with Gasteiger partial charge in [0.25, 0.3) is 0 Å². The van der Waals surface area contributed by atoms with Crippen LogP contribution in [0.2, 0.25) is 0 Å². The summed E-state index contributed by atoms with van der Waals surface area (Å²) in [7, 11) is 0. The standard InChI is InChI=1S/C12H16N4O3/c1-9-3-5-14-10(7-9)15-11(18)12(19)16(8-17)6-2-4-13/h3,5,7-8H,2,4,6,13H2,1H3,(H,14,15,18). The van der Waals surface area contributed by atoms with E-state index < -0.39 is 11.8 Å². The second-order valence-corrected chi connectivity index (χ2v) is 3.92. The van der Waals surface area contributed by atoms with Crippen LogP contribution in [0.15, 0.2) is 18.3 Å². The van der Waals surface area contributed by atoms with Gasteiger partial charge in [-0.3, -0.25) is 19.3 Å². The predicted molar refractivity (Wildman–Crippen MR) is 69.1 cm³/mol. The zero-order chi connectivity index (χ0) is 14.3. The Bertz CT molecular complexity index is 476. The topological polar surface area (TPSA) is 105 Å². The Labute approximate surface area is 110 Å². The number of nitrogens with two attached hydrogens (primary N) is 1. The molecule has 0 atom stereocenters. The highest BCUT2D eigenvalue weighted by molar-refractivity contribution is 6.40. The minimum Gasteiger partial charge on any atom is -0.330 e. The fourth-order valence-electron chi connectivity index (χ4n) is 1.37. The molecule has 0 saturated carbocycles. The number of carbonyl (C=O) groups is 3. The van der Waals surface area contributed by atoms with Crippen molar-refractivity contribution in [2.24, 2.45) is 5.73 Å². The Kier molecular flexibility index (Phi) is 5.62. The molecule has 1 aromatic rings. The first-order valence-electron chi connectivity index (χ1n) is 5.78. The van der Waals surface area contributed by atoms with Crippen molar-refractivity contribution in [3.8, 4) is 0 Å². The van der Waals surface area contributed by atoms with Crippen molar-refractivity contribution in [3.05, 3.63) is 23.9 Å². The monoisotopic (exact) mass is 264 g/mol. The second-order valence-electron chi connectivity index (χ2n) is 3.92. The summed E-state index contributed by atoms with van der Waals surface area (Å²) in [4.78, 5) is 38.8. The van der Waals surface area contributed by atoms with Crippen LogP contribution in [0.5, 0.6) is 0 Å². The number of hydrogen-bond donors (Lipinski definition) is 2.